The van der Waals surface area contributed by atoms with Gasteiger partial charge in [-0.1, -0.05) is 0 Å². The zero-order chi connectivity index (χ0) is 10.6. The van der Waals surface area contributed by atoms with Gasteiger partial charge in [0.05, 0.1) is 6.04 Å². The van der Waals surface area contributed by atoms with Crippen LogP contribution in [0.1, 0.15) is 6.92 Å². The predicted molar refractivity (Wildman–Crippen MR) is 44.1 cm³/mol. The SMILES string of the molecule is CN[C@@H](C)C(=O)N(O)CP(=O)(O)O. The number of nitrogens with zero attached hydrogens (tertiary/aromatic N) is 1. The largest absolute Gasteiger partial charge is 0.347 e. The highest BCUT2D eigenvalue weighted by Gasteiger charge is 2.24. The fraction of sp³-hybridized carbons (Fsp3) is 0.800. The molecule has 1 amide bonds. The molecule has 0 aromatic heterocycles. The maximum absolute atomic E-state index is 11.0. The zero-order valence-electron chi connectivity index (χ0n) is 7.34. The van der Waals surface area contributed by atoms with Crippen LogP contribution in [0.15, 0.2) is 0 Å². The fourth-order valence-corrected chi connectivity index (χ4v) is 1.08. The van der Waals surface area contributed by atoms with Crippen LogP contribution in [0.25, 0.3) is 0 Å². The Morgan fingerprint density at radius 2 is 2.08 bits per heavy atom. The molecule has 1 atom stereocenters. The van der Waals surface area contributed by atoms with Crippen LogP contribution >= 0.6 is 7.60 Å². The Hall–Kier alpha value is -0.460. The van der Waals surface area contributed by atoms with Crippen molar-refractivity contribution in [3.05, 3.63) is 0 Å². The van der Waals surface area contributed by atoms with Crippen LogP contribution in [0, 0.1) is 0 Å². The van der Waals surface area contributed by atoms with Crippen molar-refractivity contribution in [2.75, 3.05) is 13.3 Å². The molecule has 0 saturated carbocycles. The van der Waals surface area contributed by atoms with E-state index in [1.807, 2.05) is 0 Å². The van der Waals surface area contributed by atoms with E-state index in [4.69, 9.17) is 15.0 Å². The molecule has 0 bridgehead atoms. The first kappa shape index (κ1) is 12.5. The Labute approximate surface area is 75.5 Å². The van der Waals surface area contributed by atoms with E-state index in [0.717, 1.165) is 0 Å². The van der Waals surface area contributed by atoms with Gasteiger partial charge >= 0.3 is 7.60 Å². The standard InChI is InChI=1S/C5H13N2O5P/c1-4(6-2)5(8)7(9)3-13(10,11)12/h4,6,9H,3H2,1-2H3,(H2,10,11,12)/t4-/m0/s1. The molecular formula is C5H13N2O5P. The van der Waals surface area contributed by atoms with Crippen LogP contribution in [0.4, 0.5) is 0 Å². The van der Waals surface area contributed by atoms with Crippen molar-refractivity contribution in [1.82, 2.24) is 10.4 Å². The molecule has 0 aliphatic carbocycles. The van der Waals surface area contributed by atoms with E-state index < -0.39 is 25.8 Å². The average molecular weight is 212 g/mol. The monoisotopic (exact) mass is 212 g/mol. The van der Waals surface area contributed by atoms with Gasteiger partial charge in [-0.2, -0.15) is 0 Å². The lowest BCUT2D eigenvalue weighted by Crippen LogP contribution is -2.42. The van der Waals surface area contributed by atoms with Crippen LogP contribution < -0.4 is 5.32 Å². The van der Waals surface area contributed by atoms with E-state index in [0.29, 0.717) is 0 Å². The molecule has 4 N–H and O–H groups in total. The van der Waals surface area contributed by atoms with E-state index in [1.54, 1.807) is 0 Å². The van der Waals surface area contributed by atoms with Crippen molar-refractivity contribution in [3.63, 3.8) is 0 Å². The molecule has 13 heavy (non-hydrogen) atoms. The van der Waals surface area contributed by atoms with Crippen LogP contribution in [0.2, 0.25) is 0 Å². The molecule has 0 radical (unpaired) electrons. The lowest BCUT2D eigenvalue weighted by Gasteiger charge is -2.18. The molecule has 0 unspecified atom stereocenters. The van der Waals surface area contributed by atoms with Gasteiger partial charge in [-0.3, -0.25) is 14.6 Å². The van der Waals surface area contributed by atoms with Crippen LogP contribution in [0.3, 0.4) is 0 Å². The third-order valence-corrected chi connectivity index (χ3v) is 2.01. The molecule has 0 aliphatic rings. The number of hydroxylamine groups is 2. The topological polar surface area (TPSA) is 110 Å². The van der Waals surface area contributed by atoms with Crippen molar-refractivity contribution in [3.8, 4) is 0 Å². The maximum atomic E-state index is 11.0. The van der Waals surface area contributed by atoms with Crippen molar-refractivity contribution >= 4 is 13.5 Å². The van der Waals surface area contributed by atoms with E-state index in [9.17, 15) is 9.36 Å². The second-order valence-electron chi connectivity index (χ2n) is 2.55. The predicted octanol–water partition coefficient (Wildman–Crippen LogP) is -1.05. The van der Waals surface area contributed by atoms with E-state index in [2.05, 4.69) is 5.32 Å². The summed E-state index contributed by atoms with van der Waals surface area (Å²) in [6, 6.07) is -0.684. The van der Waals surface area contributed by atoms with E-state index in [1.165, 1.54) is 14.0 Å². The van der Waals surface area contributed by atoms with Gasteiger partial charge in [0, 0.05) is 0 Å². The second kappa shape index (κ2) is 4.69. The molecule has 0 aromatic carbocycles. The molecule has 8 heteroatoms. The number of likely N-dealkylation sites (N-methyl/N-ethyl adjacent to an activating group) is 1. The van der Waals surface area contributed by atoms with E-state index in [-0.39, 0.29) is 5.06 Å². The molecule has 0 spiro atoms. The first-order valence-corrected chi connectivity index (χ1v) is 5.30. The van der Waals surface area contributed by atoms with Gasteiger partial charge in [-0.05, 0) is 14.0 Å². The van der Waals surface area contributed by atoms with Crippen molar-refractivity contribution in [2.45, 2.75) is 13.0 Å². The molecule has 7 nitrogen and oxygen atoms in total. The third kappa shape index (κ3) is 4.97. The minimum Gasteiger partial charge on any atom is -0.323 e. The van der Waals surface area contributed by atoms with Gasteiger partial charge in [0.1, 0.15) is 6.29 Å². The summed E-state index contributed by atoms with van der Waals surface area (Å²) in [6.07, 6.45) is -0.988. The molecule has 0 aromatic rings. The quantitative estimate of drug-likeness (QED) is 0.269. The lowest BCUT2D eigenvalue weighted by atomic mass is 10.3. The minimum absolute atomic E-state index is 0.0158. The molecule has 0 saturated heterocycles. The van der Waals surface area contributed by atoms with Crippen LogP contribution in [-0.2, 0) is 9.36 Å². The van der Waals surface area contributed by atoms with Gasteiger partial charge in [0.15, 0.2) is 0 Å². The number of carbonyl (C=O) groups is 1. The first-order valence-electron chi connectivity index (χ1n) is 3.50. The normalized spacial score (nSPS) is 13.9. The molecule has 0 aliphatic heterocycles. The number of amides is 1. The van der Waals surface area contributed by atoms with E-state index >= 15 is 0 Å². The third-order valence-electron chi connectivity index (χ3n) is 1.38. The summed E-state index contributed by atoms with van der Waals surface area (Å²) >= 11 is 0. The number of hydrogen-bond donors (Lipinski definition) is 4. The Balaban J connectivity index is 4.20. The fourth-order valence-electron chi connectivity index (χ4n) is 0.591. The van der Waals surface area contributed by atoms with Crippen LogP contribution in [0.5, 0.6) is 0 Å². The highest BCUT2D eigenvalue weighted by Crippen LogP contribution is 2.34. The lowest BCUT2D eigenvalue weighted by molar-refractivity contribution is -0.163. The Morgan fingerprint density at radius 3 is 2.38 bits per heavy atom. The Kier molecular flexibility index (Phi) is 4.52. The highest BCUT2D eigenvalue weighted by molar-refractivity contribution is 7.51. The molecule has 0 rings (SSSR count). The van der Waals surface area contributed by atoms with Gasteiger partial charge in [0.25, 0.3) is 5.91 Å². The van der Waals surface area contributed by atoms with Gasteiger partial charge in [-0.15, -0.1) is 0 Å². The summed E-state index contributed by atoms with van der Waals surface area (Å²) in [7, 11) is -2.90. The van der Waals surface area contributed by atoms with Gasteiger partial charge in [0.2, 0.25) is 0 Å². The zero-order valence-corrected chi connectivity index (χ0v) is 8.23. The molecular weight excluding hydrogens is 199 g/mol. The number of rotatable bonds is 4. The Bertz CT molecular complexity index is 227. The molecule has 78 valence electrons. The summed E-state index contributed by atoms with van der Waals surface area (Å²) in [5.41, 5.74) is 0. The van der Waals surface area contributed by atoms with Crippen LogP contribution in [-0.4, -0.2) is 45.3 Å². The summed E-state index contributed by atoms with van der Waals surface area (Å²) < 4.78 is 10.4. The number of hydrogen-bond acceptors (Lipinski definition) is 4. The van der Waals surface area contributed by atoms with Gasteiger partial charge in [-0.25, -0.2) is 5.06 Å². The summed E-state index contributed by atoms with van der Waals surface area (Å²) in [6.45, 7) is 1.46. The van der Waals surface area contributed by atoms with Gasteiger partial charge < -0.3 is 15.1 Å². The van der Waals surface area contributed by atoms with Crippen molar-refractivity contribution < 1.29 is 24.4 Å². The first-order chi connectivity index (χ1) is 5.78. The van der Waals surface area contributed by atoms with Crippen molar-refractivity contribution in [2.24, 2.45) is 0 Å². The molecule has 0 heterocycles. The summed E-state index contributed by atoms with van der Waals surface area (Å²) in [5, 5.41) is 11.4. The molecule has 0 fully saturated rings. The second-order valence-corrected chi connectivity index (χ2v) is 4.17. The maximum Gasteiger partial charge on any atom is 0.347 e. The average Bonchev–Trinajstić information content (AvgIpc) is 1.98. The van der Waals surface area contributed by atoms with Crippen molar-refractivity contribution in [1.29, 1.82) is 0 Å². The summed E-state index contributed by atoms with van der Waals surface area (Å²) in [5.74, 6) is -0.786. The number of carbonyl (C=O) groups excluding carboxylic acids is 1. The Morgan fingerprint density at radius 1 is 1.62 bits per heavy atom. The highest BCUT2D eigenvalue weighted by atomic mass is 31.2. The summed E-state index contributed by atoms with van der Waals surface area (Å²) in [4.78, 5) is 27.9. The smallest absolute Gasteiger partial charge is 0.323 e. The minimum atomic E-state index is -4.40. The number of nitrogens with one attached hydrogen (secondary N) is 1.